The second-order valence-electron chi connectivity index (χ2n) is 6.50. The van der Waals surface area contributed by atoms with Gasteiger partial charge in [-0.2, -0.15) is 5.26 Å². The summed E-state index contributed by atoms with van der Waals surface area (Å²) in [6.07, 6.45) is 1.84. The first-order valence-electron chi connectivity index (χ1n) is 9.02. The summed E-state index contributed by atoms with van der Waals surface area (Å²) >= 11 is 0. The molecule has 2 N–H and O–H groups in total. The molecule has 2 aromatic carbocycles. The van der Waals surface area contributed by atoms with E-state index in [1.165, 1.54) is 18.2 Å². The van der Waals surface area contributed by atoms with E-state index in [0.717, 1.165) is 18.4 Å². The number of fused-ring (bicyclic) bond motifs is 1. The van der Waals surface area contributed by atoms with Gasteiger partial charge in [0.2, 0.25) is 10.0 Å². The van der Waals surface area contributed by atoms with E-state index in [4.69, 9.17) is 15.1 Å². The van der Waals surface area contributed by atoms with Crippen molar-refractivity contribution in [3.05, 3.63) is 59.4 Å². The number of imidazole rings is 1. The number of hydrogen-bond donors (Lipinski definition) is 1. The first kappa shape index (κ1) is 20.5. The number of nitriles is 1. The van der Waals surface area contributed by atoms with Crippen molar-refractivity contribution in [1.82, 2.24) is 9.55 Å². The Labute approximate surface area is 168 Å². The zero-order valence-corrected chi connectivity index (χ0v) is 16.6. The number of hydrogen-bond acceptors (Lipinski definition) is 6. The molecule has 0 aliphatic rings. The normalized spacial score (nSPS) is 11.3. The fourth-order valence-corrected chi connectivity index (χ4v) is 3.48. The van der Waals surface area contributed by atoms with Gasteiger partial charge in [0, 0.05) is 6.54 Å². The number of aromatic nitrogens is 2. The Hall–Kier alpha value is -3.22. The number of nitrogens with zero attached hydrogens (tertiary/aromatic N) is 3. The average molecular weight is 412 g/mol. The number of aryl methyl sites for hydroxylation is 1. The minimum atomic E-state index is -3.84. The molecule has 9 heteroatoms. The molecule has 0 amide bonds. The molecule has 0 fully saturated rings. The zero-order valence-electron chi connectivity index (χ0n) is 15.8. The standard InChI is InChI=1S/C20H20N4O4S/c1-2-3-9-24-18-8-7-16(29(22,26)27)11-17(18)23-19(24)13-28-20(25)15-6-4-5-14(10-15)12-21/h4-8,10-11H,2-3,9,13H2,1H3,(H2,22,26,27). The monoisotopic (exact) mass is 412 g/mol. The molecule has 0 radical (unpaired) electrons. The molecule has 150 valence electrons. The summed E-state index contributed by atoms with van der Waals surface area (Å²) in [5.74, 6) is -0.0637. The molecule has 0 atom stereocenters. The maximum atomic E-state index is 12.3. The van der Waals surface area contributed by atoms with Gasteiger partial charge in [-0.3, -0.25) is 0 Å². The summed E-state index contributed by atoms with van der Waals surface area (Å²) in [4.78, 5) is 16.8. The molecule has 1 aromatic heterocycles. The van der Waals surface area contributed by atoms with Crippen molar-refractivity contribution in [2.75, 3.05) is 0 Å². The van der Waals surface area contributed by atoms with Gasteiger partial charge >= 0.3 is 5.97 Å². The lowest BCUT2D eigenvalue weighted by Gasteiger charge is -2.09. The lowest BCUT2D eigenvalue weighted by Crippen LogP contribution is -2.12. The Morgan fingerprint density at radius 3 is 2.76 bits per heavy atom. The highest BCUT2D eigenvalue weighted by molar-refractivity contribution is 7.89. The maximum Gasteiger partial charge on any atom is 0.338 e. The van der Waals surface area contributed by atoms with Crippen LogP contribution in [0.4, 0.5) is 0 Å². The third-order valence-electron chi connectivity index (χ3n) is 4.42. The first-order chi connectivity index (χ1) is 13.8. The van der Waals surface area contributed by atoms with Gasteiger partial charge in [0.15, 0.2) is 0 Å². The minimum absolute atomic E-state index is 0.0259. The van der Waals surface area contributed by atoms with Gasteiger partial charge in [0.05, 0.1) is 33.1 Å². The number of benzene rings is 2. The van der Waals surface area contributed by atoms with Crippen LogP contribution in [-0.2, 0) is 27.9 Å². The summed E-state index contributed by atoms with van der Waals surface area (Å²) in [6.45, 7) is 2.62. The molecule has 0 saturated carbocycles. The highest BCUT2D eigenvalue weighted by Gasteiger charge is 2.16. The fraction of sp³-hybridized carbons (Fsp3) is 0.250. The van der Waals surface area contributed by atoms with Gasteiger partial charge in [-0.15, -0.1) is 0 Å². The number of sulfonamides is 1. The number of carbonyl (C=O) groups excluding carboxylic acids is 1. The van der Waals surface area contributed by atoms with Crippen molar-refractivity contribution in [3.8, 4) is 6.07 Å². The molecular formula is C20H20N4O4S. The van der Waals surface area contributed by atoms with Gasteiger partial charge < -0.3 is 9.30 Å². The van der Waals surface area contributed by atoms with Gasteiger partial charge in [-0.05, 0) is 42.8 Å². The fourth-order valence-electron chi connectivity index (χ4n) is 2.94. The number of unbranched alkanes of at least 4 members (excludes halogenated alkanes) is 1. The van der Waals surface area contributed by atoms with Crippen molar-refractivity contribution >= 4 is 27.0 Å². The number of primary sulfonamides is 1. The highest BCUT2D eigenvalue weighted by Crippen LogP contribution is 2.21. The van der Waals surface area contributed by atoms with Gasteiger partial charge in [-0.1, -0.05) is 19.4 Å². The number of nitrogens with two attached hydrogens (primary N) is 1. The third-order valence-corrected chi connectivity index (χ3v) is 5.33. The number of esters is 1. The highest BCUT2D eigenvalue weighted by atomic mass is 32.2. The SMILES string of the molecule is CCCCn1c(COC(=O)c2cccc(C#N)c2)nc2cc(S(N)(=O)=O)ccc21. The van der Waals surface area contributed by atoms with Crippen LogP contribution in [0.3, 0.4) is 0 Å². The van der Waals surface area contributed by atoms with Gasteiger partial charge in [0.25, 0.3) is 0 Å². The van der Waals surface area contributed by atoms with E-state index in [1.807, 2.05) is 10.6 Å². The molecule has 0 unspecified atom stereocenters. The van der Waals surface area contributed by atoms with Crippen LogP contribution in [0.5, 0.6) is 0 Å². The van der Waals surface area contributed by atoms with E-state index < -0.39 is 16.0 Å². The Kier molecular flexibility index (Phi) is 5.96. The molecule has 3 rings (SSSR count). The molecule has 1 heterocycles. The lowest BCUT2D eigenvalue weighted by molar-refractivity contribution is 0.0458. The molecular weight excluding hydrogens is 392 g/mol. The van der Waals surface area contributed by atoms with E-state index in [2.05, 4.69) is 11.9 Å². The van der Waals surface area contributed by atoms with Gasteiger partial charge in [-0.25, -0.2) is 23.3 Å². The Balaban J connectivity index is 1.90. The minimum Gasteiger partial charge on any atom is -0.454 e. The zero-order chi connectivity index (χ0) is 21.0. The van der Waals surface area contributed by atoms with E-state index in [0.29, 0.717) is 23.4 Å². The largest absolute Gasteiger partial charge is 0.454 e. The van der Waals surface area contributed by atoms with Crippen LogP contribution in [0.15, 0.2) is 47.4 Å². The topological polar surface area (TPSA) is 128 Å². The quantitative estimate of drug-likeness (QED) is 0.594. The molecule has 0 aliphatic heterocycles. The number of rotatable bonds is 7. The van der Waals surface area contributed by atoms with Crippen molar-refractivity contribution < 1.29 is 17.9 Å². The van der Waals surface area contributed by atoms with Crippen molar-refractivity contribution in [1.29, 1.82) is 5.26 Å². The number of carbonyl (C=O) groups is 1. The van der Waals surface area contributed by atoms with Crippen LogP contribution in [0.2, 0.25) is 0 Å². The van der Waals surface area contributed by atoms with Crippen LogP contribution in [0.25, 0.3) is 11.0 Å². The molecule has 29 heavy (non-hydrogen) atoms. The smallest absolute Gasteiger partial charge is 0.338 e. The molecule has 0 spiro atoms. The van der Waals surface area contributed by atoms with Crippen LogP contribution >= 0.6 is 0 Å². The second kappa shape index (κ2) is 8.43. The van der Waals surface area contributed by atoms with Crippen LogP contribution in [0.1, 0.15) is 41.5 Å². The first-order valence-corrected chi connectivity index (χ1v) is 10.6. The second-order valence-corrected chi connectivity index (χ2v) is 8.06. The number of ether oxygens (including phenoxy) is 1. The van der Waals surface area contributed by atoms with Gasteiger partial charge in [0.1, 0.15) is 12.4 Å². The van der Waals surface area contributed by atoms with Crippen LogP contribution < -0.4 is 5.14 Å². The molecule has 0 aliphatic carbocycles. The van der Waals surface area contributed by atoms with Crippen molar-refractivity contribution in [2.24, 2.45) is 5.14 Å². The predicted octanol–water partition coefficient (Wildman–Crippen LogP) is 2.71. The lowest BCUT2D eigenvalue weighted by atomic mass is 10.1. The van der Waals surface area contributed by atoms with E-state index in [1.54, 1.807) is 24.3 Å². The van der Waals surface area contributed by atoms with Crippen LogP contribution in [-0.4, -0.2) is 23.9 Å². The molecule has 3 aromatic rings. The van der Waals surface area contributed by atoms with E-state index in [9.17, 15) is 13.2 Å². The molecule has 8 nitrogen and oxygen atoms in total. The Bertz CT molecular complexity index is 1210. The average Bonchev–Trinajstić information content (AvgIpc) is 3.06. The van der Waals surface area contributed by atoms with E-state index in [-0.39, 0.29) is 17.1 Å². The summed E-state index contributed by atoms with van der Waals surface area (Å²) in [6, 6.07) is 12.7. The summed E-state index contributed by atoms with van der Waals surface area (Å²) in [5, 5.41) is 14.2. The predicted molar refractivity (Wildman–Crippen MR) is 106 cm³/mol. The Morgan fingerprint density at radius 1 is 1.28 bits per heavy atom. The van der Waals surface area contributed by atoms with E-state index >= 15 is 0 Å². The summed E-state index contributed by atoms with van der Waals surface area (Å²) in [7, 11) is -3.84. The summed E-state index contributed by atoms with van der Waals surface area (Å²) in [5.41, 5.74) is 1.84. The van der Waals surface area contributed by atoms with Crippen molar-refractivity contribution in [3.63, 3.8) is 0 Å². The van der Waals surface area contributed by atoms with Crippen molar-refractivity contribution in [2.45, 2.75) is 37.8 Å². The third kappa shape index (κ3) is 4.62. The molecule has 0 saturated heterocycles. The van der Waals surface area contributed by atoms with Crippen LogP contribution in [0, 0.1) is 11.3 Å². The summed E-state index contributed by atoms with van der Waals surface area (Å²) < 4.78 is 30.5. The maximum absolute atomic E-state index is 12.3. The Morgan fingerprint density at radius 2 is 2.07 bits per heavy atom. The molecule has 0 bridgehead atoms.